The number of rotatable bonds is 40. The van der Waals surface area contributed by atoms with Crippen molar-refractivity contribution in [2.24, 2.45) is 0 Å². The first-order valence-electron chi connectivity index (χ1n) is 22.2. The molecule has 0 aromatic carbocycles. The van der Waals surface area contributed by atoms with Crippen LogP contribution < -0.4 is 0 Å². The normalized spacial score (nSPS) is 12.0. The maximum absolute atomic E-state index is 12.7. The van der Waals surface area contributed by atoms with Crippen LogP contribution in [0.25, 0.3) is 0 Å². The average molecular weight is 721 g/mol. The first-order valence-corrected chi connectivity index (χ1v) is 22.2. The van der Waals surface area contributed by atoms with Gasteiger partial charge in [-0.15, -0.1) is 0 Å². The molecule has 0 fully saturated rings. The second-order valence-corrected chi connectivity index (χ2v) is 15.0. The predicted octanol–water partition coefficient (Wildman–Crippen LogP) is 13.9. The van der Waals surface area contributed by atoms with Crippen LogP contribution in [-0.4, -0.2) is 37.2 Å². The fourth-order valence-corrected chi connectivity index (χ4v) is 6.39. The lowest BCUT2D eigenvalue weighted by atomic mass is 10.0. The molecule has 6 heteroatoms. The van der Waals surface area contributed by atoms with Gasteiger partial charge in [-0.3, -0.25) is 14.4 Å². The van der Waals surface area contributed by atoms with Gasteiger partial charge in [0.05, 0.1) is 0 Å². The molecular formula is C45H84O6. The smallest absolute Gasteiger partial charge is 0.306 e. The number of unbranched alkanes of at least 4 members (excludes halogenated alkanes) is 27. The fraction of sp³-hybridized carbons (Fsp3) is 0.889. The summed E-state index contributed by atoms with van der Waals surface area (Å²) in [4.78, 5) is 37.6. The highest BCUT2D eigenvalue weighted by atomic mass is 16.6. The summed E-state index contributed by atoms with van der Waals surface area (Å²) in [6.45, 7) is 6.56. The van der Waals surface area contributed by atoms with Crippen molar-refractivity contribution in [3.8, 4) is 0 Å². The van der Waals surface area contributed by atoms with Gasteiger partial charge in [0, 0.05) is 19.3 Å². The zero-order valence-corrected chi connectivity index (χ0v) is 34.1. The summed E-state index contributed by atoms with van der Waals surface area (Å²) in [5, 5.41) is 0. The number of ether oxygens (including phenoxy) is 3. The maximum Gasteiger partial charge on any atom is 0.306 e. The third-order valence-corrected chi connectivity index (χ3v) is 9.75. The Morgan fingerprint density at radius 2 is 0.686 bits per heavy atom. The van der Waals surface area contributed by atoms with E-state index in [0.717, 1.165) is 70.6 Å². The summed E-state index contributed by atoms with van der Waals surface area (Å²) >= 11 is 0. The Labute approximate surface area is 316 Å². The predicted molar refractivity (Wildman–Crippen MR) is 215 cm³/mol. The lowest BCUT2D eigenvalue weighted by Gasteiger charge is -2.18. The van der Waals surface area contributed by atoms with Crippen molar-refractivity contribution >= 4 is 17.9 Å². The Morgan fingerprint density at radius 1 is 0.373 bits per heavy atom. The van der Waals surface area contributed by atoms with E-state index < -0.39 is 6.10 Å². The van der Waals surface area contributed by atoms with Gasteiger partial charge in [-0.05, 0) is 38.5 Å². The van der Waals surface area contributed by atoms with Crippen LogP contribution in [0.2, 0.25) is 0 Å². The highest BCUT2D eigenvalue weighted by molar-refractivity contribution is 5.71. The van der Waals surface area contributed by atoms with Crippen molar-refractivity contribution in [1.82, 2.24) is 0 Å². The molecule has 0 aliphatic rings. The van der Waals surface area contributed by atoms with Gasteiger partial charge < -0.3 is 14.2 Å². The van der Waals surface area contributed by atoms with Crippen LogP contribution in [-0.2, 0) is 28.6 Å². The standard InChI is InChI=1S/C45H84O6/c1-4-7-10-13-16-19-22-24-26-29-32-35-38-44(47)50-41-42(40-49-43(46)37-34-31-28-25-21-18-15-12-9-6-3)51-45(48)39-36-33-30-27-23-20-17-14-11-8-5-2/h12,15,42H,4-11,13-14,16-41H2,1-3H3/b15-12-. The van der Waals surface area contributed by atoms with Crippen molar-refractivity contribution in [3.63, 3.8) is 0 Å². The number of hydrogen-bond donors (Lipinski definition) is 0. The third kappa shape index (κ3) is 39.2. The van der Waals surface area contributed by atoms with E-state index in [1.165, 1.54) is 128 Å². The molecule has 0 radical (unpaired) electrons. The van der Waals surface area contributed by atoms with Gasteiger partial charge in [-0.25, -0.2) is 0 Å². The molecule has 0 aromatic heterocycles. The largest absolute Gasteiger partial charge is 0.462 e. The summed E-state index contributed by atoms with van der Waals surface area (Å²) < 4.78 is 16.7. The number of carbonyl (C=O) groups is 3. The molecular weight excluding hydrogens is 636 g/mol. The van der Waals surface area contributed by atoms with Crippen molar-refractivity contribution < 1.29 is 28.6 Å². The molecule has 0 saturated heterocycles. The molecule has 0 rings (SSSR count). The number of esters is 3. The molecule has 1 unspecified atom stereocenters. The van der Waals surface area contributed by atoms with Gasteiger partial charge in [0.15, 0.2) is 6.10 Å². The Balaban J connectivity index is 4.34. The lowest BCUT2D eigenvalue weighted by molar-refractivity contribution is -0.167. The molecule has 0 spiro atoms. The first kappa shape index (κ1) is 49.1. The summed E-state index contributed by atoms with van der Waals surface area (Å²) in [5.41, 5.74) is 0. The zero-order valence-electron chi connectivity index (χ0n) is 34.1. The third-order valence-electron chi connectivity index (χ3n) is 9.75. The minimum atomic E-state index is -0.763. The van der Waals surface area contributed by atoms with Crippen LogP contribution in [0.3, 0.4) is 0 Å². The van der Waals surface area contributed by atoms with Crippen molar-refractivity contribution in [3.05, 3.63) is 12.2 Å². The van der Waals surface area contributed by atoms with Crippen LogP contribution in [0, 0.1) is 0 Å². The van der Waals surface area contributed by atoms with Gasteiger partial charge in [-0.2, -0.15) is 0 Å². The average Bonchev–Trinajstić information content (AvgIpc) is 3.12. The van der Waals surface area contributed by atoms with E-state index in [9.17, 15) is 14.4 Å². The minimum absolute atomic E-state index is 0.0684. The molecule has 51 heavy (non-hydrogen) atoms. The first-order chi connectivity index (χ1) is 25.0. The van der Waals surface area contributed by atoms with Crippen LogP contribution in [0.15, 0.2) is 12.2 Å². The maximum atomic E-state index is 12.7. The molecule has 1 atom stereocenters. The van der Waals surface area contributed by atoms with Crippen molar-refractivity contribution in [1.29, 1.82) is 0 Å². The number of hydrogen-bond acceptors (Lipinski definition) is 6. The molecule has 0 aromatic rings. The van der Waals surface area contributed by atoms with E-state index in [1.807, 2.05) is 0 Å². The fourth-order valence-electron chi connectivity index (χ4n) is 6.39. The summed E-state index contributed by atoms with van der Waals surface area (Å²) in [5.74, 6) is -0.874. The molecule has 0 saturated carbocycles. The second-order valence-electron chi connectivity index (χ2n) is 15.0. The van der Waals surface area contributed by atoms with E-state index in [4.69, 9.17) is 14.2 Å². The van der Waals surface area contributed by atoms with Crippen molar-refractivity contribution in [2.75, 3.05) is 13.2 Å². The number of allylic oxidation sites excluding steroid dienone is 2. The molecule has 0 bridgehead atoms. The van der Waals surface area contributed by atoms with Crippen LogP contribution in [0.5, 0.6) is 0 Å². The van der Waals surface area contributed by atoms with Crippen LogP contribution >= 0.6 is 0 Å². The zero-order chi connectivity index (χ0) is 37.3. The van der Waals surface area contributed by atoms with Crippen LogP contribution in [0.1, 0.15) is 239 Å². The minimum Gasteiger partial charge on any atom is -0.462 e. The lowest BCUT2D eigenvalue weighted by Crippen LogP contribution is -2.30. The van der Waals surface area contributed by atoms with Gasteiger partial charge in [0.1, 0.15) is 13.2 Å². The van der Waals surface area contributed by atoms with Gasteiger partial charge in [-0.1, -0.05) is 193 Å². The van der Waals surface area contributed by atoms with E-state index in [1.54, 1.807) is 0 Å². The Kier molecular flexibility index (Phi) is 39.4. The monoisotopic (exact) mass is 721 g/mol. The van der Waals surface area contributed by atoms with Gasteiger partial charge in [0.2, 0.25) is 0 Å². The summed E-state index contributed by atoms with van der Waals surface area (Å²) in [6, 6.07) is 0. The van der Waals surface area contributed by atoms with E-state index >= 15 is 0 Å². The van der Waals surface area contributed by atoms with E-state index in [2.05, 4.69) is 32.9 Å². The molecule has 0 aliphatic heterocycles. The highest BCUT2D eigenvalue weighted by Gasteiger charge is 2.19. The van der Waals surface area contributed by atoms with E-state index in [-0.39, 0.29) is 31.1 Å². The Hall–Kier alpha value is -1.85. The van der Waals surface area contributed by atoms with Crippen LogP contribution in [0.4, 0.5) is 0 Å². The summed E-state index contributed by atoms with van der Waals surface area (Å²) in [6.07, 6.45) is 41.9. The quantitative estimate of drug-likeness (QED) is 0.0271. The Morgan fingerprint density at radius 3 is 1.06 bits per heavy atom. The number of carbonyl (C=O) groups excluding carboxylic acids is 3. The van der Waals surface area contributed by atoms with E-state index in [0.29, 0.717) is 19.3 Å². The second kappa shape index (κ2) is 40.9. The Bertz CT molecular complexity index is 794. The molecule has 0 N–H and O–H groups in total. The molecule has 0 aliphatic carbocycles. The SMILES string of the molecule is CCC/C=C\CCCCCCCC(=O)OCC(COC(=O)CCCCCCCCCCCCCC)OC(=O)CCCCCCCCCCCCC. The molecule has 300 valence electrons. The van der Waals surface area contributed by atoms with Crippen molar-refractivity contribution in [2.45, 2.75) is 245 Å². The van der Waals surface area contributed by atoms with Gasteiger partial charge in [0.25, 0.3) is 0 Å². The molecule has 0 amide bonds. The molecule has 0 heterocycles. The summed E-state index contributed by atoms with van der Waals surface area (Å²) in [7, 11) is 0. The highest BCUT2D eigenvalue weighted by Crippen LogP contribution is 2.15. The topological polar surface area (TPSA) is 78.9 Å². The molecule has 6 nitrogen and oxygen atoms in total. The van der Waals surface area contributed by atoms with Gasteiger partial charge >= 0.3 is 17.9 Å².